The molecule has 0 bridgehead atoms. The first-order valence-electron chi connectivity index (χ1n) is 6.41. The van der Waals surface area contributed by atoms with Crippen LogP contribution in [0.25, 0.3) is 0 Å². The van der Waals surface area contributed by atoms with Gasteiger partial charge in [-0.05, 0) is 31.5 Å². The Morgan fingerprint density at radius 2 is 2.37 bits per heavy atom. The summed E-state index contributed by atoms with van der Waals surface area (Å²) in [6, 6.07) is 5.50. The SMILES string of the molecule is COC(=O)C(C)N1CC(C)Oc2cc(CN)ccc21. The van der Waals surface area contributed by atoms with E-state index in [2.05, 4.69) is 0 Å². The Hall–Kier alpha value is -1.75. The van der Waals surface area contributed by atoms with Crippen molar-refractivity contribution >= 4 is 11.7 Å². The van der Waals surface area contributed by atoms with Crippen LogP contribution in [0.4, 0.5) is 5.69 Å². The maximum atomic E-state index is 11.7. The van der Waals surface area contributed by atoms with Gasteiger partial charge in [0.05, 0.1) is 19.3 Å². The van der Waals surface area contributed by atoms with Crippen LogP contribution in [0.5, 0.6) is 5.75 Å². The summed E-state index contributed by atoms with van der Waals surface area (Å²) in [7, 11) is 1.40. The zero-order valence-electron chi connectivity index (χ0n) is 11.6. The van der Waals surface area contributed by atoms with Crippen LogP contribution in [-0.2, 0) is 16.1 Å². The Kier molecular flexibility index (Phi) is 3.95. The molecule has 2 N–H and O–H groups in total. The lowest BCUT2D eigenvalue weighted by Gasteiger charge is -2.37. The largest absolute Gasteiger partial charge is 0.487 e. The lowest BCUT2D eigenvalue weighted by molar-refractivity contribution is -0.141. The van der Waals surface area contributed by atoms with Crippen LogP contribution in [0, 0.1) is 0 Å². The maximum absolute atomic E-state index is 11.7. The summed E-state index contributed by atoms with van der Waals surface area (Å²) in [6.45, 7) is 4.95. The highest BCUT2D eigenvalue weighted by atomic mass is 16.5. The van der Waals surface area contributed by atoms with Gasteiger partial charge in [-0.25, -0.2) is 4.79 Å². The number of hydrogen-bond donors (Lipinski definition) is 1. The van der Waals surface area contributed by atoms with Gasteiger partial charge in [-0.3, -0.25) is 0 Å². The van der Waals surface area contributed by atoms with Crippen molar-refractivity contribution < 1.29 is 14.3 Å². The lowest BCUT2D eigenvalue weighted by Crippen LogP contribution is -2.47. The van der Waals surface area contributed by atoms with Gasteiger partial charge in [0.1, 0.15) is 17.9 Å². The number of benzene rings is 1. The number of carbonyl (C=O) groups is 1. The molecule has 0 aromatic heterocycles. The topological polar surface area (TPSA) is 64.8 Å². The van der Waals surface area contributed by atoms with Gasteiger partial charge in [-0.15, -0.1) is 0 Å². The molecule has 2 rings (SSSR count). The second-order valence-corrected chi connectivity index (χ2v) is 4.79. The second kappa shape index (κ2) is 5.48. The van der Waals surface area contributed by atoms with Gasteiger partial charge in [0.25, 0.3) is 0 Å². The Balaban J connectivity index is 2.36. The smallest absolute Gasteiger partial charge is 0.328 e. The normalized spacial score (nSPS) is 19.4. The standard InChI is InChI=1S/C14H20N2O3/c1-9-8-16(10(2)14(17)18-3)12-5-4-11(7-15)6-13(12)19-9/h4-6,9-10H,7-8,15H2,1-3H3. The second-order valence-electron chi connectivity index (χ2n) is 4.79. The van der Waals surface area contributed by atoms with E-state index in [9.17, 15) is 4.79 Å². The van der Waals surface area contributed by atoms with Crippen LogP contribution in [0.1, 0.15) is 19.4 Å². The Labute approximate surface area is 113 Å². The molecule has 2 atom stereocenters. The number of methoxy groups -OCH3 is 1. The number of nitrogens with zero attached hydrogens (tertiary/aromatic N) is 1. The average molecular weight is 264 g/mol. The highest BCUT2D eigenvalue weighted by Gasteiger charge is 2.30. The molecule has 0 amide bonds. The van der Waals surface area contributed by atoms with Crippen LogP contribution >= 0.6 is 0 Å². The molecule has 104 valence electrons. The summed E-state index contributed by atoms with van der Waals surface area (Å²) in [5, 5.41) is 0. The first kappa shape index (κ1) is 13.7. The third kappa shape index (κ3) is 2.66. The minimum Gasteiger partial charge on any atom is -0.487 e. The Bertz CT molecular complexity index is 476. The number of esters is 1. The van der Waals surface area contributed by atoms with E-state index in [1.54, 1.807) is 0 Å². The molecular weight excluding hydrogens is 244 g/mol. The number of carbonyl (C=O) groups excluding carboxylic acids is 1. The summed E-state index contributed by atoms with van der Waals surface area (Å²) in [4.78, 5) is 13.7. The molecule has 5 nitrogen and oxygen atoms in total. The van der Waals surface area contributed by atoms with E-state index in [1.165, 1.54) is 7.11 Å². The quantitative estimate of drug-likeness (QED) is 0.833. The molecule has 19 heavy (non-hydrogen) atoms. The van der Waals surface area contributed by atoms with Crippen molar-refractivity contribution in [2.24, 2.45) is 5.73 Å². The van der Waals surface area contributed by atoms with E-state index in [4.69, 9.17) is 15.2 Å². The molecular formula is C14H20N2O3. The lowest BCUT2D eigenvalue weighted by atomic mass is 10.1. The molecule has 0 fully saturated rings. The van der Waals surface area contributed by atoms with Gasteiger partial charge in [0, 0.05) is 6.54 Å². The van der Waals surface area contributed by atoms with Crippen LogP contribution < -0.4 is 15.4 Å². The molecule has 1 aromatic rings. The zero-order valence-corrected chi connectivity index (χ0v) is 11.6. The highest BCUT2D eigenvalue weighted by Crippen LogP contribution is 2.35. The zero-order chi connectivity index (χ0) is 14.0. The molecule has 1 aliphatic heterocycles. The van der Waals surface area contributed by atoms with E-state index < -0.39 is 0 Å². The van der Waals surface area contributed by atoms with Crippen LogP contribution in [0.2, 0.25) is 0 Å². The molecule has 0 aliphatic carbocycles. The number of rotatable bonds is 3. The minimum absolute atomic E-state index is 0.0210. The highest BCUT2D eigenvalue weighted by molar-refractivity contribution is 5.81. The van der Waals surface area contributed by atoms with Crippen molar-refractivity contribution in [3.8, 4) is 5.75 Å². The first-order chi connectivity index (χ1) is 9.06. The summed E-state index contributed by atoms with van der Waals surface area (Å²) in [6.07, 6.45) is 0.0210. The molecule has 1 aliphatic rings. The van der Waals surface area contributed by atoms with Gasteiger partial charge in [-0.1, -0.05) is 6.07 Å². The molecule has 1 aromatic carbocycles. The van der Waals surface area contributed by atoms with E-state index in [-0.39, 0.29) is 18.1 Å². The average Bonchev–Trinajstić information content (AvgIpc) is 2.43. The number of fused-ring (bicyclic) bond motifs is 1. The maximum Gasteiger partial charge on any atom is 0.328 e. The molecule has 1 heterocycles. The number of ether oxygens (including phenoxy) is 2. The van der Waals surface area contributed by atoms with Crippen molar-refractivity contribution in [2.75, 3.05) is 18.6 Å². The fourth-order valence-electron chi connectivity index (χ4n) is 2.31. The van der Waals surface area contributed by atoms with Gasteiger partial charge >= 0.3 is 5.97 Å². The van der Waals surface area contributed by atoms with Gasteiger partial charge in [0.2, 0.25) is 0 Å². The van der Waals surface area contributed by atoms with Gasteiger partial charge in [-0.2, -0.15) is 0 Å². The van der Waals surface area contributed by atoms with E-state index in [1.807, 2.05) is 36.9 Å². The van der Waals surface area contributed by atoms with Crippen LogP contribution in [0.15, 0.2) is 18.2 Å². The minimum atomic E-state index is -0.334. The molecule has 2 unspecified atom stereocenters. The Morgan fingerprint density at radius 3 is 3.00 bits per heavy atom. The van der Waals surface area contributed by atoms with Gasteiger partial charge < -0.3 is 20.1 Å². The molecule has 0 radical (unpaired) electrons. The third-order valence-electron chi connectivity index (χ3n) is 3.36. The van der Waals surface area contributed by atoms with Crippen molar-refractivity contribution in [3.05, 3.63) is 23.8 Å². The molecule has 5 heteroatoms. The first-order valence-corrected chi connectivity index (χ1v) is 6.41. The number of nitrogens with two attached hydrogens (primary N) is 1. The van der Waals surface area contributed by atoms with Crippen LogP contribution in [0.3, 0.4) is 0 Å². The summed E-state index contributed by atoms with van der Waals surface area (Å²) < 4.78 is 10.6. The Morgan fingerprint density at radius 1 is 1.63 bits per heavy atom. The fourth-order valence-corrected chi connectivity index (χ4v) is 2.31. The van der Waals surface area contributed by atoms with E-state index in [0.717, 1.165) is 17.0 Å². The molecule has 0 spiro atoms. The van der Waals surface area contributed by atoms with Crippen molar-refractivity contribution in [3.63, 3.8) is 0 Å². The van der Waals surface area contributed by atoms with Crippen molar-refractivity contribution in [1.29, 1.82) is 0 Å². The predicted molar refractivity (Wildman–Crippen MR) is 73.2 cm³/mol. The third-order valence-corrected chi connectivity index (χ3v) is 3.36. The van der Waals surface area contributed by atoms with E-state index in [0.29, 0.717) is 13.1 Å². The monoisotopic (exact) mass is 264 g/mol. The summed E-state index contributed by atoms with van der Waals surface area (Å²) in [5.74, 6) is 0.528. The summed E-state index contributed by atoms with van der Waals surface area (Å²) in [5.41, 5.74) is 7.56. The summed E-state index contributed by atoms with van der Waals surface area (Å²) >= 11 is 0. The number of anilines is 1. The van der Waals surface area contributed by atoms with Crippen molar-refractivity contribution in [1.82, 2.24) is 0 Å². The van der Waals surface area contributed by atoms with Gasteiger partial charge in [0.15, 0.2) is 0 Å². The van der Waals surface area contributed by atoms with E-state index >= 15 is 0 Å². The number of hydrogen-bond acceptors (Lipinski definition) is 5. The van der Waals surface area contributed by atoms with Crippen molar-refractivity contribution in [2.45, 2.75) is 32.5 Å². The fraction of sp³-hybridized carbons (Fsp3) is 0.500. The molecule has 0 saturated heterocycles. The molecule has 0 saturated carbocycles. The van der Waals surface area contributed by atoms with Crippen LogP contribution in [-0.4, -0.2) is 31.8 Å². The predicted octanol–water partition coefficient (Wildman–Crippen LogP) is 1.29.